The number of hydrogen-bond donors (Lipinski definition) is 1. The Balaban J connectivity index is 1.79. The molecule has 0 aromatic heterocycles. The van der Waals surface area contributed by atoms with E-state index in [0.29, 0.717) is 5.56 Å². The number of nitrogens with one attached hydrogen (secondary N) is 1. The van der Waals surface area contributed by atoms with Crippen LogP contribution in [0.1, 0.15) is 5.56 Å². The molecule has 0 bridgehead atoms. The summed E-state index contributed by atoms with van der Waals surface area (Å²) < 4.78 is 30.7. The van der Waals surface area contributed by atoms with Crippen molar-refractivity contribution in [3.63, 3.8) is 0 Å². The van der Waals surface area contributed by atoms with E-state index in [-0.39, 0.29) is 12.1 Å². The smallest absolute Gasteiger partial charge is 0.310 e. The molecule has 0 aliphatic heterocycles. The van der Waals surface area contributed by atoms with Crippen molar-refractivity contribution >= 4 is 17.6 Å². The second kappa shape index (κ2) is 7.31. The summed E-state index contributed by atoms with van der Waals surface area (Å²) >= 11 is 0. The molecule has 22 heavy (non-hydrogen) atoms. The Hall–Kier alpha value is -2.76. The zero-order valence-corrected chi connectivity index (χ0v) is 11.5. The van der Waals surface area contributed by atoms with E-state index in [0.717, 1.165) is 6.07 Å². The average molecular weight is 305 g/mol. The summed E-state index contributed by atoms with van der Waals surface area (Å²) in [6.07, 6.45) is -0.134. The van der Waals surface area contributed by atoms with Gasteiger partial charge in [0.15, 0.2) is 6.61 Å². The molecule has 0 saturated heterocycles. The van der Waals surface area contributed by atoms with E-state index in [4.69, 9.17) is 4.74 Å². The number of amides is 1. The van der Waals surface area contributed by atoms with Gasteiger partial charge >= 0.3 is 5.97 Å². The Morgan fingerprint density at radius 1 is 1.00 bits per heavy atom. The van der Waals surface area contributed by atoms with E-state index in [9.17, 15) is 18.4 Å². The lowest BCUT2D eigenvalue weighted by atomic mass is 10.1. The zero-order valence-electron chi connectivity index (χ0n) is 11.5. The van der Waals surface area contributed by atoms with E-state index in [2.05, 4.69) is 5.32 Å². The van der Waals surface area contributed by atoms with Crippen molar-refractivity contribution < 1.29 is 23.1 Å². The van der Waals surface area contributed by atoms with Gasteiger partial charge in [-0.25, -0.2) is 8.78 Å². The van der Waals surface area contributed by atoms with Gasteiger partial charge in [0, 0.05) is 5.69 Å². The number of ether oxygens (including phenoxy) is 1. The maximum Gasteiger partial charge on any atom is 0.310 e. The number of halogens is 2. The van der Waals surface area contributed by atoms with E-state index < -0.39 is 30.1 Å². The van der Waals surface area contributed by atoms with Crippen LogP contribution in [0.25, 0.3) is 0 Å². The molecule has 0 aliphatic rings. The van der Waals surface area contributed by atoms with Crippen LogP contribution in [0.4, 0.5) is 14.5 Å². The average Bonchev–Trinajstić information content (AvgIpc) is 2.45. The van der Waals surface area contributed by atoms with Gasteiger partial charge in [0.05, 0.1) is 6.42 Å². The Morgan fingerprint density at radius 2 is 1.68 bits per heavy atom. The maximum atomic E-state index is 13.0. The minimum Gasteiger partial charge on any atom is -0.455 e. The number of esters is 1. The molecule has 6 heteroatoms. The molecule has 2 aromatic rings. The minimum atomic E-state index is -0.653. The van der Waals surface area contributed by atoms with Gasteiger partial charge in [0.25, 0.3) is 5.91 Å². The first-order chi connectivity index (χ1) is 10.5. The van der Waals surface area contributed by atoms with E-state index in [1.165, 1.54) is 36.4 Å². The van der Waals surface area contributed by atoms with Gasteiger partial charge in [0.2, 0.25) is 0 Å². The second-order valence-corrected chi connectivity index (χ2v) is 4.53. The number of rotatable bonds is 5. The number of carbonyl (C=O) groups excluding carboxylic acids is 2. The molecule has 0 saturated carbocycles. The van der Waals surface area contributed by atoms with Crippen molar-refractivity contribution in [1.82, 2.24) is 0 Å². The molecule has 1 N–H and O–H groups in total. The largest absolute Gasteiger partial charge is 0.455 e. The molecule has 0 fully saturated rings. The molecule has 4 nitrogen and oxygen atoms in total. The van der Waals surface area contributed by atoms with Crippen molar-refractivity contribution in [3.05, 3.63) is 65.7 Å². The van der Waals surface area contributed by atoms with Crippen LogP contribution in [0, 0.1) is 11.6 Å². The van der Waals surface area contributed by atoms with Gasteiger partial charge in [-0.05, 0) is 35.9 Å². The molecule has 0 radical (unpaired) electrons. The lowest BCUT2D eigenvalue weighted by Gasteiger charge is -2.07. The molecular formula is C16H13F2NO3. The van der Waals surface area contributed by atoms with Crippen LogP contribution >= 0.6 is 0 Å². The Morgan fingerprint density at radius 3 is 2.36 bits per heavy atom. The van der Waals surface area contributed by atoms with E-state index in [1.807, 2.05) is 0 Å². The third-order valence-corrected chi connectivity index (χ3v) is 2.71. The predicted octanol–water partition coefficient (Wildman–Crippen LogP) is 2.69. The second-order valence-electron chi connectivity index (χ2n) is 4.53. The van der Waals surface area contributed by atoms with E-state index >= 15 is 0 Å². The molecule has 0 spiro atoms. The quantitative estimate of drug-likeness (QED) is 0.864. The summed E-state index contributed by atoms with van der Waals surface area (Å²) in [5, 5.41) is 2.39. The molecule has 0 heterocycles. The Labute approximate surface area is 125 Å². The highest BCUT2D eigenvalue weighted by molar-refractivity contribution is 5.92. The fourth-order valence-corrected chi connectivity index (χ4v) is 1.77. The first kappa shape index (κ1) is 15.6. The summed E-state index contributed by atoms with van der Waals surface area (Å²) in [7, 11) is 0. The summed E-state index contributed by atoms with van der Waals surface area (Å²) in [6, 6.07) is 10.9. The summed E-state index contributed by atoms with van der Waals surface area (Å²) in [5.74, 6) is -2.17. The molecule has 0 atom stereocenters. The van der Waals surface area contributed by atoms with Crippen LogP contribution in [0.15, 0.2) is 48.5 Å². The van der Waals surface area contributed by atoms with Crippen LogP contribution in [0.3, 0.4) is 0 Å². The number of hydrogen-bond acceptors (Lipinski definition) is 3. The molecule has 114 valence electrons. The highest BCUT2D eigenvalue weighted by Crippen LogP contribution is 2.09. The van der Waals surface area contributed by atoms with Crippen LogP contribution < -0.4 is 5.32 Å². The highest BCUT2D eigenvalue weighted by Gasteiger charge is 2.09. The first-order valence-electron chi connectivity index (χ1n) is 6.48. The highest BCUT2D eigenvalue weighted by atomic mass is 19.1. The van der Waals surface area contributed by atoms with Crippen LogP contribution in [-0.4, -0.2) is 18.5 Å². The van der Waals surface area contributed by atoms with Gasteiger partial charge < -0.3 is 10.1 Å². The number of anilines is 1. The summed E-state index contributed by atoms with van der Waals surface area (Å²) in [6.45, 7) is -0.495. The van der Waals surface area contributed by atoms with E-state index in [1.54, 1.807) is 6.07 Å². The summed E-state index contributed by atoms with van der Waals surface area (Å²) in [5.41, 5.74) is 0.724. The van der Waals surface area contributed by atoms with Crippen molar-refractivity contribution in [1.29, 1.82) is 0 Å². The SMILES string of the molecule is O=C(COC(=O)Cc1cccc(F)c1)Nc1cccc(F)c1. The van der Waals surface area contributed by atoms with Gasteiger partial charge in [-0.3, -0.25) is 9.59 Å². The third kappa shape index (κ3) is 4.97. The lowest BCUT2D eigenvalue weighted by molar-refractivity contribution is -0.146. The van der Waals surface area contributed by atoms with Gasteiger partial charge in [-0.15, -0.1) is 0 Å². The van der Waals surface area contributed by atoms with Gasteiger partial charge in [0.1, 0.15) is 11.6 Å². The van der Waals surface area contributed by atoms with Crippen molar-refractivity contribution in [2.45, 2.75) is 6.42 Å². The molecule has 2 rings (SSSR count). The monoisotopic (exact) mass is 305 g/mol. The van der Waals surface area contributed by atoms with Gasteiger partial charge in [-0.2, -0.15) is 0 Å². The number of carbonyl (C=O) groups is 2. The molecule has 2 aromatic carbocycles. The normalized spacial score (nSPS) is 10.1. The van der Waals surface area contributed by atoms with Crippen LogP contribution in [-0.2, 0) is 20.7 Å². The molecule has 0 aliphatic carbocycles. The fraction of sp³-hybridized carbons (Fsp3) is 0.125. The van der Waals surface area contributed by atoms with Crippen molar-refractivity contribution in [3.8, 4) is 0 Å². The minimum absolute atomic E-state index is 0.134. The number of benzene rings is 2. The maximum absolute atomic E-state index is 13.0. The molecular weight excluding hydrogens is 292 g/mol. The van der Waals surface area contributed by atoms with Gasteiger partial charge in [-0.1, -0.05) is 18.2 Å². The standard InChI is InChI=1S/C16H13F2NO3/c17-12-4-1-3-11(7-12)8-16(21)22-10-15(20)19-14-6-2-5-13(18)9-14/h1-7,9H,8,10H2,(H,19,20). The Kier molecular flexibility index (Phi) is 5.19. The molecule has 0 unspecified atom stereocenters. The van der Waals surface area contributed by atoms with Crippen LogP contribution in [0.2, 0.25) is 0 Å². The fourth-order valence-electron chi connectivity index (χ4n) is 1.77. The third-order valence-electron chi connectivity index (χ3n) is 2.71. The summed E-state index contributed by atoms with van der Waals surface area (Å²) in [4.78, 5) is 23.1. The predicted molar refractivity (Wildman–Crippen MR) is 76.1 cm³/mol. The first-order valence-corrected chi connectivity index (χ1v) is 6.48. The topological polar surface area (TPSA) is 55.4 Å². The lowest BCUT2D eigenvalue weighted by Crippen LogP contribution is -2.21. The van der Waals surface area contributed by atoms with Crippen molar-refractivity contribution in [2.75, 3.05) is 11.9 Å². The zero-order chi connectivity index (χ0) is 15.9. The molecule has 1 amide bonds. The Bertz CT molecular complexity index is 629. The van der Waals surface area contributed by atoms with Crippen molar-refractivity contribution in [2.24, 2.45) is 0 Å². The van der Waals surface area contributed by atoms with Crippen LogP contribution in [0.5, 0.6) is 0 Å².